The number of esters is 1. The highest BCUT2D eigenvalue weighted by atomic mass is 32.2. The number of halogens is 2. The maximum atomic E-state index is 13.6. The summed E-state index contributed by atoms with van der Waals surface area (Å²) in [4.78, 5) is 12.2. The molecule has 2 unspecified atom stereocenters. The minimum atomic E-state index is -0.982. The first-order valence-electron chi connectivity index (χ1n) is 6.52. The molecule has 1 aromatic carbocycles. The molecule has 0 saturated heterocycles. The standard InChI is InChI=1S/C14H17F2NO2S/c1-2-19-13(18)14(17)6-5-10(8-14)20-12-4-3-9(15)7-11(12)16/h3-4,7,10H,2,5-6,8,17H2,1H3. The summed E-state index contributed by atoms with van der Waals surface area (Å²) in [5, 5.41) is 0.0318. The Balaban J connectivity index is 2.01. The molecule has 20 heavy (non-hydrogen) atoms. The molecular formula is C14H17F2NO2S. The van der Waals surface area contributed by atoms with Gasteiger partial charge in [0.15, 0.2) is 0 Å². The highest BCUT2D eigenvalue weighted by molar-refractivity contribution is 8.00. The summed E-state index contributed by atoms with van der Waals surface area (Å²) in [6.45, 7) is 2.03. The van der Waals surface area contributed by atoms with E-state index in [9.17, 15) is 13.6 Å². The van der Waals surface area contributed by atoms with Crippen LogP contribution in [0, 0.1) is 11.6 Å². The van der Waals surface area contributed by atoms with Crippen molar-refractivity contribution < 1.29 is 18.3 Å². The zero-order valence-electron chi connectivity index (χ0n) is 11.2. The maximum absolute atomic E-state index is 13.6. The molecule has 1 aromatic rings. The normalized spacial score (nSPS) is 25.7. The third-order valence-corrected chi connectivity index (χ3v) is 4.69. The van der Waals surface area contributed by atoms with Gasteiger partial charge in [0.25, 0.3) is 0 Å². The molecule has 0 spiro atoms. The Morgan fingerprint density at radius 3 is 2.95 bits per heavy atom. The van der Waals surface area contributed by atoms with Gasteiger partial charge in [-0.25, -0.2) is 8.78 Å². The van der Waals surface area contributed by atoms with Gasteiger partial charge in [0.05, 0.1) is 6.61 Å². The molecule has 2 rings (SSSR count). The lowest BCUT2D eigenvalue weighted by Gasteiger charge is -2.21. The van der Waals surface area contributed by atoms with Gasteiger partial charge in [-0.1, -0.05) is 0 Å². The average molecular weight is 301 g/mol. The van der Waals surface area contributed by atoms with Gasteiger partial charge in [0, 0.05) is 16.2 Å². The van der Waals surface area contributed by atoms with Gasteiger partial charge in [0.2, 0.25) is 0 Å². The largest absolute Gasteiger partial charge is 0.465 e. The van der Waals surface area contributed by atoms with E-state index in [-0.39, 0.29) is 5.25 Å². The number of carbonyl (C=O) groups excluding carboxylic acids is 1. The molecule has 0 bridgehead atoms. The molecule has 1 aliphatic carbocycles. The van der Waals surface area contributed by atoms with Crippen molar-refractivity contribution in [1.29, 1.82) is 0 Å². The van der Waals surface area contributed by atoms with Gasteiger partial charge in [-0.05, 0) is 38.3 Å². The summed E-state index contributed by atoms with van der Waals surface area (Å²) in [6.07, 6.45) is 1.66. The first-order valence-corrected chi connectivity index (χ1v) is 7.40. The number of rotatable bonds is 4. The molecule has 0 aromatic heterocycles. The minimum Gasteiger partial charge on any atom is -0.465 e. The highest BCUT2D eigenvalue weighted by Crippen LogP contribution is 2.40. The average Bonchev–Trinajstić information content (AvgIpc) is 2.76. The third kappa shape index (κ3) is 3.30. The van der Waals surface area contributed by atoms with E-state index in [1.54, 1.807) is 6.92 Å². The molecule has 110 valence electrons. The van der Waals surface area contributed by atoms with E-state index in [4.69, 9.17) is 10.5 Å². The van der Waals surface area contributed by atoms with Gasteiger partial charge in [-0.2, -0.15) is 0 Å². The van der Waals surface area contributed by atoms with Crippen LogP contribution in [0.25, 0.3) is 0 Å². The van der Waals surface area contributed by atoms with Crippen molar-refractivity contribution in [2.24, 2.45) is 5.73 Å². The Kier molecular flexibility index (Phi) is 4.65. The van der Waals surface area contributed by atoms with Gasteiger partial charge in [0.1, 0.15) is 17.2 Å². The van der Waals surface area contributed by atoms with Crippen LogP contribution in [-0.2, 0) is 9.53 Å². The summed E-state index contributed by atoms with van der Waals surface area (Å²) in [5.41, 5.74) is 5.07. The first kappa shape index (κ1) is 15.3. The van der Waals surface area contributed by atoms with Crippen molar-refractivity contribution in [2.75, 3.05) is 6.61 Å². The van der Waals surface area contributed by atoms with Gasteiger partial charge in [-0.3, -0.25) is 4.79 Å². The molecule has 3 nitrogen and oxygen atoms in total. The summed E-state index contributed by atoms with van der Waals surface area (Å²) in [7, 11) is 0. The number of hydrogen-bond acceptors (Lipinski definition) is 4. The molecule has 0 radical (unpaired) electrons. The Labute approximate surface area is 120 Å². The number of thioether (sulfide) groups is 1. The zero-order valence-corrected chi connectivity index (χ0v) is 12.0. The maximum Gasteiger partial charge on any atom is 0.326 e. The fourth-order valence-electron chi connectivity index (χ4n) is 2.34. The van der Waals surface area contributed by atoms with Crippen molar-refractivity contribution in [1.82, 2.24) is 0 Å². The highest BCUT2D eigenvalue weighted by Gasteiger charge is 2.43. The van der Waals surface area contributed by atoms with Gasteiger partial charge in [-0.15, -0.1) is 11.8 Å². The Morgan fingerprint density at radius 2 is 2.30 bits per heavy atom. The van der Waals surface area contributed by atoms with Crippen LogP contribution in [0.3, 0.4) is 0 Å². The predicted molar refractivity (Wildman–Crippen MR) is 73.4 cm³/mol. The smallest absolute Gasteiger partial charge is 0.326 e. The van der Waals surface area contributed by atoms with Crippen molar-refractivity contribution >= 4 is 17.7 Å². The van der Waals surface area contributed by atoms with E-state index in [2.05, 4.69) is 0 Å². The molecule has 0 heterocycles. The summed E-state index contributed by atoms with van der Waals surface area (Å²) in [6, 6.07) is 3.50. The molecule has 2 atom stereocenters. The van der Waals surface area contributed by atoms with Crippen LogP contribution < -0.4 is 5.73 Å². The van der Waals surface area contributed by atoms with Crippen LogP contribution in [0.4, 0.5) is 8.78 Å². The first-order chi connectivity index (χ1) is 9.44. The SMILES string of the molecule is CCOC(=O)C1(N)CCC(Sc2ccc(F)cc2F)C1. The molecule has 0 amide bonds. The third-order valence-electron chi connectivity index (χ3n) is 3.37. The lowest BCUT2D eigenvalue weighted by atomic mass is 10.00. The number of nitrogens with two attached hydrogens (primary N) is 1. The second-order valence-corrected chi connectivity index (χ2v) is 6.28. The lowest BCUT2D eigenvalue weighted by molar-refractivity contribution is -0.149. The van der Waals surface area contributed by atoms with E-state index in [0.717, 1.165) is 6.07 Å². The number of carbonyl (C=O) groups is 1. The number of ether oxygens (including phenoxy) is 1. The quantitative estimate of drug-likeness (QED) is 0.869. The van der Waals surface area contributed by atoms with Crippen LogP contribution in [-0.4, -0.2) is 23.4 Å². The van der Waals surface area contributed by atoms with E-state index in [0.29, 0.717) is 30.8 Å². The second kappa shape index (κ2) is 6.10. The second-order valence-electron chi connectivity index (χ2n) is 4.93. The summed E-state index contributed by atoms with van der Waals surface area (Å²) < 4.78 is 31.4. The van der Waals surface area contributed by atoms with Crippen molar-refractivity contribution in [3.8, 4) is 0 Å². The lowest BCUT2D eigenvalue weighted by Crippen LogP contribution is -2.47. The van der Waals surface area contributed by atoms with E-state index in [1.165, 1.54) is 23.9 Å². The van der Waals surface area contributed by atoms with Crippen molar-refractivity contribution in [3.05, 3.63) is 29.8 Å². The topological polar surface area (TPSA) is 52.3 Å². The van der Waals surface area contributed by atoms with Crippen LogP contribution in [0.1, 0.15) is 26.2 Å². The van der Waals surface area contributed by atoms with E-state index >= 15 is 0 Å². The monoisotopic (exact) mass is 301 g/mol. The number of benzene rings is 1. The van der Waals surface area contributed by atoms with Gasteiger partial charge < -0.3 is 10.5 Å². The molecule has 2 N–H and O–H groups in total. The van der Waals surface area contributed by atoms with E-state index in [1.807, 2.05) is 0 Å². The van der Waals surface area contributed by atoms with Gasteiger partial charge >= 0.3 is 5.97 Å². The molecule has 6 heteroatoms. The Morgan fingerprint density at radius 1 is 1.55 bits per heavy atom. The van der Waals surface area contributed by atoms with Crippen LogP contribution >= 0.6 is 11.8 Å². The minimum absolute atomic E-state index is 0.0318. The summed E-state index contributed by atoms with van der Waals surface area (Å²) in [5.74, 6) is -1.58. The van der Waals surface area contributed by atoms with E-state index < -0.39 is 23.1 Å². The Bertz CT molecular complexity index is 512. The van der Waals surface area contributed by atoms with Crippen molar-refractivity contribution in [2.45, 2.75) is 41.9 Å². The van der Waals surface area contributed by atoms with Crippen LogP contribution in [0.5, 0.6) is 0 Å². The van der Waals surface area contributed by atoms with Crippen molar-refractivity contribution in [3.63, 3.8) is 0 Å². The Hall–Kier alpha value is -1.14. The molecular weight excluding hydrogens is 284 g/mol. The number of hydrogen-bond donors (Lipinski definition) is 1. The molecule has 0 aliphatic heterocycles. The zero-order chi connectivity index (χ0) is 14.8. The molecule has 1 aliphatic rings. The van der Waals surface area contributed by atoms with Crippen LogP contribution in [0.15, 0.2) is 23.1 Å². The fourth-order valence-corrected chi connectivity index (χ4v) is 3.63. The van der Waals surface area contributed by atoms with Crippen LogP contribution in [0.2, 0.25) is 0 Å². The fraction of sp³-hybridized carbons (Fsp3) is 0.500. The summed E-state index contributed by atoms with van der Waals surface area (Å²) >= 11 is 1.29. The molecule has 1 saturated carbocycles. The predicted octanol–water partition coefficient (Wildman–Crippen LogP) is 2.87. The molecule has 1 fully saturated rings.